The number of hydrogen-bond donors (Lipinski definition) is 1. The average molecular weight is 336 g/mol. The lowest BCUT2D eigenvalue weighted by Crippen LogP contribution is -2.21. The molecular formula is C8H3BrF5NO3. The van der Waals surface area contributed by atoms with E-state index in [4.69, 9.17) is 5.11 Å². The first-order valence-corrected chi connectivity index (χ1v) is 4.88. The SMILES string of the molecule is O=C(O)c1cnc(Br)c(C(F)F)c1OC(F)(F)F. The lowest BCUT2D eigenvalue weighted by Gasteiger charge is -2.15. The second kappa shape index (κ2) is 5.04. The van der Waals surface area contributed by atoms with Gasteiger partial charge in [-0.2, -0.15) is 0 Å². The minimum absolute atomic E-state index is 0.485. The lowest BCUT2D eigenvalue weighted by atomic mass is 10.2. The van der Waals surface area contributed by atoms with Gasteiger partial charge in [-0.3, -0.25) is 0 Å². The number of pyridine rings is 1. The maximum absolute atomic E-state index is 12.6. The number of carboxylic acids is 1. The monoisotopic (exact) mass is 335 g/mol. The summed E-state index contributed by atoms with van der Waals surface area (Å²) < 4.78 is 64.1. The number of aromatic nitrogens is 1. The molecule has 0 radical (unpaired) electrons. The Balaban J connectivity index is 3.48. The Hall–Kier alpha value is -1.45. The number of alkyl halides is 5. The van der Waals surface area contributed by atoms with E-state index in [2.05, 4.69) is 25.7 Å². The van der Waals surface area contributed by atoms with Crippen LogP contribution in [-0.4, -0.2) is 22.4 Å². The van der Waals surface area contributed by atoms with Crippen LogP contribution in [0.5, 0.6) is 5.75 Å². The van der Waals surface area contributed by atoms with Crippen molar-refractivity contribution >= 4 is 21.9 Å². The zero-order chi connectivity index (χ0) is 14.1. The number of hydrogen-bond acceptors (Lipinski definition) is 3. The highest BCUT2D eigenvalue weighted by Crippen LogP contribution is 2.39. The molecule has 100 valence electrons. The fourth-order valence-corrected chi connectivity index (χ4v) is 1.51. The highest BCUT2D eigenvalue weighted by atomic mass is 79.9. The van der Waals surface area contributed by atoms with Gasteiger partial charge >= 0.3 is 12.3 Å². The molecule has 0 amide bonds. The number of ether oxygens (including phenoxy) is 1. The second-order valence-corrected chi connectivity index (χ2v) is 3.61. The van der Waals surface area contributed by atoms with Gasteiger partial charge in [-0.25, -0.2) is 18.6 Å². The molecule has 1 heterocycles. The van der Waals surface area contributed by atoms with E-state index in [9.17, 15) is 26.7 Å². The van der Waals surface area contributed by atoms with Crippen molar-refractivity contribution in [3.63, 3.8) is 0 Å². The molecule has 0 spiro atoms. The topological polar surface area (TPSA) is 59.4 Å². The van der Waals surface area contributed by atoms with Gasteiger partial charge < -0.3 is 9.84 Å². The Labute approximate surface area is 105 Å². The van der Waals surface area contributed by atoms with Crippen molar-refractivity contribution in [3.8, 4) is 5.75 Å². The van der Waals surface area contributed by atoms with Crippen LogP contribution in [0.3, 0.4) is 0 Å². The van der Waals surface area contributed by atoms with Crippen molar-refractivity contribution in [2.24, 2.45) is 0 Å². The molecule has 1 N–H and O–H groups in total. The Kier molecular flexibility index (Phi) is 4.09. The predicted octanol–water partition coefficient (Wildman–Crippen LogP) is 3.38. The molecule has 0 unspecified atom stereocenters. The molecule has 0 fully saturated rings. The van der Waals surface area contributed by atoms with Crippen molar-refractivity contribution in [1.82, 2.24) is 4.98 Å². The molecule has 0 atom stereocenters. The number of carboxylic acid groups (broad SMARTS) is 1. The quantitative estimate of drug-likeness (QED) is 0.679. The van der Waals surface area contributed by atoms with Gasteiger partial charge in [-0.15, -0.1) is 13.2 Å². The Morgan fingerprint density at radius 1 is 1.44 bits per heavy atom. The van der Waals surface area contributed by atoms with Crippen LogP contribution in [0.4, 0.5) is 22.0 Å². The molecule has 0 saturated heterocycles. The number of halogens is 6. The maximum Gasteiger partial charge on any atom is 0.573 e. The van der Waals surface area contributed by atoms with Crippen LogP contribution in [-0.2, 0) is 0 Å². The van der Waals surface area contributed by atoms with Crippen molar-refractivity contribution in [1.29, 1.82) is 0 Å². The number of aromatic carboxylic acids is 1. The van der Waals surface area contributed by atoms with E-state index in [1.165, 1.54) is 0 Å². The first kappa shape index (κ1) is 14.6. The molecule has 0 saturated carbocycles. The van der Waals surface area contributed by atoms with Gasteiger partial charge in [-0.05, 0) is 15.9 Å². The van der Waals surface area contributed by atoms with Crippen LogP contribution in [0.2, 0.25) is 0 Å². The normalized spacial score (nSPS) is 11.7. The van der Waals surface area contributed by atoms with E-state index in [0.29, 0.717) is 6.20 Å². The van der Waals surface area contributed by atoms with Crippen molar-refractivity contribution in [2.75, 3.05) is 0 Å². The van der Waals surface area contributed by atoms with Crippen LogP contribution in [0.1, 0.15) is 22.3 Å². The molecule has 10 heteroatoms. The van der Waals surface area contributed by atoms with Crippen LogP contribution in [0.15, 0.2) is 10.8 Å². The summed E-state index contributed by atoms with van der Waals surface area (Å²) in [5.41, 5.74) is -2.38. The molecule has 1 aromatic heterocycles. The molecule has 0 bridgehead atoms. The summed E-state index contributed by atoms with van der Waals surface area (Å²) in [7, 11) is 0. The fraction of sp³-hybridized carbons (Fsp3) is 0.250. The standard InChI is InChI=1S/C8H3BrF5NO3/c9-5-3(6(10)11)4(18-8(12,13)14)2(1-15-5)7(16)17/h1,6H,(H,16,17). The van der Waals surface area contributed by atoms with Gasteiger partial charge in [0, 0.05) is 6.20 Å². The van der Waals surface area contributed by atoms with Gasteiger partial charge in [0.05, 0.1) is 5.56 Å². The molecule has 0 aliphatic carbocycles. The molecule has 18 heavy (non-hydrogen) atoms. The summed E-state index contributed by atoms with van der Waals surface area (Å²) in [4.78, 5) is 13.9. The van der Waals surface area contributed by atoms with E-state index in [0.717, 1.165) is 0 Å². The van der Waals surface area contributed by atoms with Crippen molar-refractivity contribution < 1.29 is 36.6 Å². The summed E-state index contributed by atoms with van der Waals surface area (Å²) in [6.45, 7) is 0. The van der Waals surface area contributed by atoms with Gasteiger partial charge in [-0.1, -0.05) is 0 Å². The Bertz CT molecular complexity index is 477. The summed E-state index contributed by atoms with van der Waals surface area (Å²) in [5, 5.41) is 8.61. The molecule has 0 aromatic carbocycles. The summed E-state index contributed by atoms with van der Waals surface area (Å²) in [6, 6.07) is 0. The van der Waals surface area contributed by atoms with E-state index in [-0.39, 0.29) is 0 Å². The third-order valence-corrected chi connectivity index (χ3v) is 2.32. The van der Waals surface area contributed by atoms with Crippen LogP contribution < -0.4 is 4.74 Å². The summed E-state index contributed by atoms with van der Waals surface area (Å²) in [5.74, 6) is -3.34. The van der Waals surface area contributed by atoms with Crippen LogP contribution in [0, 0.1) is 0 Å². The van der Waals surface area contributed by atoms with E-state index >= 15 is 0 Å². The predicted molar refractivity (Wildman–Crippen MR) is 50.5 cm³/mol. The molecule has 1 rings (SSSR count). The number of carbonyl (C=O) groups is 1. The molecule has 0 aliphatic rings. The van der Waals surface area contributed by atoms with Gasteiger partial charge in [0.2, 0.25) is 0 Å². The average Bonchev–Trinajstić information content (AvgIpc) is 2.13. The zero-order valence-corrected chi connectivity index (χ0v) is 9.72. The van der Waals surface area contributed by atoms with Gasteiger partial charge in [0.25, 0.3) is 6.43 Å². The summed E-state index contributed by atoms with van der Waals surface area (Å²) in [6.07, 6.45) is -8.20. The zero-order valence-electron chi connectivity index (χ0n) is 8.13. The molecular weight excluding hydrogens is 333 g/mol. The number of rotatable bonds is 3. The maximum atomic E-state index is 12.6. The third kappa shape index (κ3) is 3.28. The second-order valence-electron chi connectivity index (χ2n) is 2.86. The molecule has 0 aliphatic heterocycles. The first-order valence-electron chi connectivity index (χ1n) is 4.09. The Morgan fingerprint density at radius 3 is 2.39 bits per heavy atom. The lowest BCUT2D eigenvalue weighted by molar-refractivity contribution is -0.275. The van der Waals surface area contributed by atoms with Crippen LogP contribution >= 0.6 is 15.9 Å². The first-order chi connectivity index (χ1) is 8.13. The van der Waals surface area contributed by atoms with Crippen molar-refractivity contribution in [3.05, 3.63) is 21.9 Å². The van der Waals surface area contributed by atoms with E-state index in [1.807, 2.05) is 0 Å². The molecule has 4 nitrogen and oxygen atoms in total. The van der Waals surface area contributed by atoms with Crippen molar-refractivity contribution in [2.45, 2.75) is 12.8 Å². The fourth-order valence-electron chi connectivity index (χ4n) is 1.06. The Morgan fingerprint density at radius 2 is 2.00 bits per heavy atom. The summed E-state index contributed by atoms with van der Waals surface area (Å²) >= 11 is 2.51. The highest BCUT2D eigenvalue weighted by molar-refractivity contribution is 9.10. The largest absolute Gasteiger partial charge is 0.573 e. The smallest absolute Gasteiger partial charge is 0.477 e. The van der Waals surface area contributed by atoms with Gasteiger partial charge in [0.15, 0.2) is 5.75 Å². The van der Waals surface area contributed by atoms with E-state index < -0.39 is 40.2 Å². The van der Waals surface area contributed by atoms with E-state index in [1.54, 1.807) is 0 Å². The third-order valence-electron chi connectivity index (χ3n) is 1.68. The highest BCUT2D eigenvalue weighted by Gasteiger charge is 2.37. The minimum Gasteiger partial charge on any atom is -0.477 e. The molecule has 1 aromatic rings. The minimum atomic E-state index is -5.30. The number of nitrogens with zero attached hydrogens (tertiary/aromatic N) is 1. The van der Waals surface area contributed by atoms with Crippen LogP contribution in [0.25, 0.3) is 0 Å². The van der Waals surface area contributed by atoms with Gasteiger partial charge in [0.1, 0.15) is 10.2 Å².